The number of hydrogen-bond acceptors (Lipinski definition) is 2. The van der Waals surface area contributed by atoms with Crippen molar-refractivity contribution in [3.63, 3.8) is 0 Å². The van der Waals surface area contributed by atoms with Crippen molar-refractivity contribution in [2.24, 2.45) is 11.3 Å². The molecule has 0 aliphatic carbocycles. The molecule has 1 fully saturated rings. The van der Waals surface area contributed by atoms with Crippen molar-refractivity contribution < 1.29 is 4.79 Å². The van der Waals surface area contributed by atoms with Gasteiger partial charge < -0.3 is 10.2 Å². The summed E-state index contributed by atoms with van der Waals surface area (Å²) in [5.74, 6) is 0.818. The largest absolute Gasteiger partial charge is 0.355 e. The van der Waals surface area contributed by atoms with Gasteiger partial charge in [-0.15, -0.1) is 0 Å². The van der Waals surface area contributed by atoms with Crippen molar-refractivity contribution in [3.8, 4) is 0 Å². The Balaban J connectivity index is 2.16. The quantitative estimate of drug-likeness (QED) is 0.685. The molecule has 1 amide bonds. The lowest BCUT2D eigenvalue weighted by molar-refractivity contribution is -0.128. The minimum absolute atomic E-state index is 0.155. The molecule has 0 bridgehead atoms. The predicted octanol–water partition coefficient (Wildman–Crippen LogP) is 0.710. The normalized spacial score (nSPS) is 19.7. The third-order valence-electron chi connectivity index (χ3n) is 2.37. The van der Waals surface area contributed by atoms with E-state index >= 15 is 0 Å². The van der Waals surface area contributed by atoms with E-state index in [2.05, 4.69) is 17.3 Å². The van der Waals surface area contributed by atoms with Gasteiger partial charge in [0, 0.05) is 31.0 Å². The van der Waals surface area contributed by atoms with E-state index in [1.54, 1.807) is 0 Å². The van der Waals surface area contributed by atoms with Gasteiger partial charge in [0.15, 0.2) is 0 Å². The molecule has 1 aliphatic rings. The molecule has 0 saturated carbocycles. The zero-order valence-corrected chi connectivity index (χ0v) is 9.05. The van der Waals surface area contributed by atoms with E-state index in [0.29, 0.717) is 5.92 Å². The molecule has 0 aromatic carbocycles. The summed E-state index contributed by atoms with van der Waals surface area (Å²) < 4.78 is 0. The Morgan fingerprint density at radius 1 is 1.46 bits per heavy atom. The second-order valence-corrected chi connectivity index (χ2v) is 5.05. The van der Waals surface area contributed by atoms with Crippen LogP contribution in [-0.2, 0) is 4.79 Å². The highest BCUT2D eigenvalue weighted by molar-refractivity contribution is 5.81. The van der Waals surface area contributed by atoms with Crippen LogP contribution in [-0.4, -0.2) is 37.5 Å². The topological polar surface area (TPSA) is 32.3 Å². The Morgan fingerprint density at radius 2 is 2.00 bits per heavy atom. The second-order valence-electron chi connectivity index (χ2n) is 5.05. The number of carbonyl (C=O) groups excluding carboxylic acids is 1. The van der Waals surface area contributed by atoms with E-state index < -0.39 is 0 Å². The lowest BCUT2D eigenvalue weighted by atomic mass is 9.94. The third kappa shape index (κ3) is 2.99. The fraction of sp³-hybridized carbons (Fsp3) is 0.900. The van der Waals surface area contributed by atoms with Gasteiger partial charge in [0.1, 0.15) is 0 Å². The van der Waals surface area contributed by atoms with Gasteiger partial charge in [-0.2, -0.15) is 0 Å². The summed E-state index contributed by atoms with van der Waals surface area (Å²) in [5.41, 5.74) is -0.254. The van der Waals surface area contributed by atoms with Gasteiger partial charge in [-0.1, -0.05) is 20.8 Å². The molecule has 0 spiro atoms. The molecule has 0 aromatic rings. The summed E-state index contributed by atoms with van der Waals surface area (Å²) in [4.78, 5) is 13.7. The van der Waals surface area contributed by atoms with Gasteiger partial charge in [-0.05, 0) is 7.05 Å². The van der Waals surface area contributed by atoms with E-state index in [9.17, 15) is 4.79 Å². The smallest absolute Gasteiger partial charge is 0.225 e. The van der Waals surface area contributed by atoms with Crippen LogP contribution in [0.3, 0.4) is 0 Å². The average molecular weight is 184 g/mol. The predicted molar refractivity (Wildman–Crippen MR) is 53.5 cm³/mol. The maximum atomic E-state index is 11.5. The Bertz CT molecular complexity index is 190. The summed E-state index contributed by atoms with van der Waals surface area (Å²) in [6.45, 7) is 8.88. The van der Waals surface area contributed by atoms with Crippen LogP contribution in [0.4, 0.5) is 0 Å². The number of nitrogens with one attached hydrogen (secondary N) is 1. The highest BCUT2D eigenvalue weighted by Crippen LogP contribution is 2.14. The molecule has 1 aliphatic heterocycles. The molecule has 0 atom stereocenters. The Hall–Kier alpha value is -0.570. The van der Waals surface area contributed by atoms with Crippen molar-refractivity contribution in [1.82, 2.24) is 10.2 Å². The van der Waals surface area contributed by atoms with Crippen LogP contribution in [0.5, 0.6) is 0 Å². The summed E-state index contributed by atoms with van der Waals surface area (Å²) in [7, 11) is 2.10. The monoisotopic (exact) mass is 184 g/mol. The van der Waals surface area contributed by atoms with Gasteiger partial charge in [-0.25, -0.2) is 0 Å². The molecule has 1 N–H and O–H groups in total. The number of likely N-dealkylation sites (tertiary alicyclic amines) is 1. The Labute approximate surface area is 80.5 Å². The van der Waals surface area contributed by atoms with Crippen molar-refractivity contribution in [2.45, 2.75) is 20.8 Å². The number of nitrogens with zero attached hydrogens (tertiary/aromatic N) is 1. The van der Waals surface area contributed by atoms with E-state index in [-0.39, 0.29) is 11.3 Å². The van der Waals surface area contributed by atoms with Gasteiger partial charge >= 0.3 is 0 Å². The SMILES string of the molecule is CN1CC(CNC(=O)C(C)(C)C)C1. The molecule has 1 saturated heterocycles. The van der Waals surface area contributed by atoms with Crippen molar-refractivity contribution >= 4 is 5.91 Å². The first-order chi connectivity index (χ1) is 5.89. The first kappa shape index (κ1) is 10.5. The maximum Gasteiger partial charge on any atom is 0.225 e. The summed E-state index contributed by atoms with van der Waals surface area (Å²) in [6.07, 6.45) is 0. The third-order valence-corrected chi connectivity index (χ3v) is 2.37. The summed E-state index contributed by atoms with van der Waals surface area (Å²) >= 11 is 0. The Kier molecular flexibility index (Phi) is 2.96. The van der Waals surface area contributed by atoms with Crippen molar-refractivity contribution in [2.75, 3.05) is 26.7 Å². The molecule has 0 unspecified atom stereocenters. The average Bonchev–Trinajstić information content (AvgIpc) is 1.93. The fourth-order valence-electron chi connectivity index (χ4n) is 1.46. The molecule has 0 aromatic heterocycles. The van der Waals surface area contributed by atoms with Gasteiger partial charge in [0.05, 0.1) is 0 Å². The second kappa shape index (κ2) is 3.66. The van der Waals surface area contributed by atoms with E-state index in [4.69, 9.17) is 0 Å². The highest BCUT2D eigenvalue weighted by Gasteiger charge is 2.26. The zero-order valence-electron chi connectivity index (χ0n) is 9.05. The molecule has 13 heavy (non-hydrogen) atoms. The molecule has 1 heterocycles. The lowest BCUT2D eigenvalue weighted by Crippen LogP contribution is -2.50. The van der Waals surface area contributed by atoms with Gasteiger partial charge in [0.2, 0.25) is 5.91 Å². The minimum atomic E-state index is -0.254. The molecule has 76 valence electrons. The molecule has 3 heteroatoms. The summed E-state index contributed by atoms with van der Waals surface area (Å²) in [5, 5.41) is 2.98. The number of amides is 1. The van der Waals surface area contributed by atoms with Crippen LogP contribution < -0.4 is 5.32 Å². The van der Waals surface area contributed by atoms with Gasteiger partial charge in [-0.3, -0.25) is 4.79 Å². The minimum Gasteiger partial charge on any atom is -0.355 e. The zero-order chi connectivity index (χ0) is 10.1. The van der Waals surface area contributed by atoms with Gasteiger partial charge in [0.25, 0.3) is 0 Å². The molecular weight excluding hydrogens is 164 g/mol. The number of hydrogen-bond donors (Lipinski definition) is 1. The van der Waals surface area contributed by atoms with E-state index in [1.807, 2.05) is 20.8 Å². The van der Waals surface area contributed by atoms with E-state index in [1.165, 1.54) is 0 Å². The van der Waals surface area contributed by atoms with Crippen LogP contribution in [0.2, 0.25) is 0 Å². The van der Waals surface area contributed by atoms with Crippen LogP contribution in [0.1, 0.15) is 20.8 Å². The fourth-order valence-corrected chi connectivity index (χ4v) is 1.46. The standard InChI is InChI=1S/C10H20N2O/c1-10(2,3)9(13)11-5-8-6-12(4)7-8/h8H,5-7H2,1-4H3,(H,11,13). The molecular formula is C10H20N2O. The molecule has 1 rings (SSSR count). The van der Waals surface area contributed by atoms with Crippen LogP contribution in [0.15, 0.2) is 0 Å². The lowest BCUT2D eigenvalue weighted by Gasteiger charge is -2.36. The van der Waals surface area contributed by atoms with Crippen LogP contribution in [0, 0.1) is 11.3 Å². The first-order valence-corrected chi connectivity index (χ1v) is 4.86. The molecule has 3 nitrogen and oxygen atoms in total. The highest BCUT2D eigenvalue weighted by atomic mass is 16.2. The van der Waals surface area contributed by atoms with Crippen LogP contribution >= 0.6 is 0 Å². The maximum absolute atomic E-state index is 11.5. The molecule has 0 radical (unpaired) electrons. The van der Waals surface area contributed by atoms with Crippen molar-refractivity contribution in [1.29, 1.82) is 0 Å². The van der Waals surface area contributed by atoms with Crippen molar-refractivity contribution in [3.05, 3.63) is 0 Å². The summed E-state index contributed by atoms with van der Waals surface area (Å²) in [6, 6.07) is 0. The van der Waals surface area contributed by atoms with E-state index in [0.717, 1.165) is 19.6 Å². The van der Waals surface area contributed by atoms with Crippen LogP contribution in [0.25, 0.3) is 0 Å². The Morgan fingerprint density at radius 3 is 2.38 bits per heavy atom. The number of rotatable bonds is 2. The number of carbonyl (C=O) groups is 1. The first-order valence-electron chi connectivity index (χ1n) is 4.86.